The molecule has 0 radical (unpaired) electrons. The summed E-state index contributed by atoms with van der Waals surface area (Å²) in [6.07, 6.45) is 4.96. The minimum atomic E-state index is -0.101. The van der Waals surface area contributed by atoms with Crippen molar-refractivity contribution < 1.29 is 4.79 Å². The highest BCUT2D eigenvalue weighted by Gasteiger charge is 2.00. The number of carbonyl (C=O) groups excluding carboxylic acids is 1. The largest absolute Gasteiger partial charge is 0.272 e. The second-order valence-electron chi connectivity index (χ2n) is 4.05. The van der Waals surface area contributed by atoms with Gasteiger partial charge in [0.05, 0.1) is 12.0 Å². The number of aromatic nitrogens is 1. The van der Waals surface area contributed by atoms with Gasteiger partial charge in [-0.25, -0.2) is 5.43 Å². The maximum Gasteiger partial charge on any atom is 0.250 e. The third-order valence-corrected chi connectivity index (χ3v) is 3.46. The zero-order valence-corrected chi connectivity index (χ0v) is 11.7. The van der Waals surface area contributed by atoms with Gasteiger partial charge in [0.15, 0.2) is 0 Å². The van der Waals surface area contributed by atoms with E-state index in [1.165, 1.54) is 5.56 Å². The van der Waals surface area contributed by atoms with Gasteiger partial charge >= 0.3 is 0 Å². The molecule has 0 fully saturated rings. The predicted molar refractivity (Wildman–Crippen MR) is 82.6 cm³/mol. The van der Waals surface area contributed by atoms with E-state index in [1.54, 1.807) is 30.4 Å². The van der Waals surface area contributed by atoms with Crippen LogP contribution in [-0.4, -0.2) is 22.9 Å². The van der Waals surface area contributed by atoms with Gasteiger partial charge in [-0.05, 0) is 23.3 Å². The van der Waals surface area contributed by atoms with E-state index in [2.05, 4.69) is 15.5 Å². The molecule has 20 heavy (non-hydrogen) atoms. The van der Waals surface area contributed by atoms with Crippen LogP contribution < -0.4 is 5.43 Å². The number of hydrogen-bond donors (Lipinski definition) is 1. The lowest BCUT2D eigenvalue weighted by molar-refractivity contribution is -0.118. The van der Waals surface area contributed by atoms with Crippen LogP contribution >= 0.6 is 11.8 Å². The average molecular weight is 285 g/mol. The average Bonchev–Trinajstić information content (AvgIpc) is 2.49. The zero-order chi connectivity index (χ0) is 14.0. The molecule has 0 saturated carbocycles. The first-order valence-corrected chi connectivity index (χ1v) is 7.33. The summed E-state index contributed by atoms with van der Waals surface area (Å²) in [5.74, 6) is 1.11. The van der Waals surface area contributed by atoms with Gasteiger partial charge in [-0.15, -0.1) is 11.8 Å². The van der Waals surface area contributed by atoms with Gasteiger partial charge in [0.2, 0.25) is 5.91 Å². The number of hydrogen-bond acceptors (Lipinski definition) is 4. The molecular formula is C15H15N3OS. The number of amides is 1. The molecule has 0 bridgehead atoms. The molecule has 2 rings (SSSR count). The molecule has 1 amide bonds. The molecule has 1 aromatic heterocycles. The van der Waals surface area contributed by atoms with E-state index in [4.69, 9.17) is 0 Å². The SMILES string of the molecule is O=C(CSCc1ccccc1)N/N=C\c1ccncc1. The Morgan fingerprint density at radius 3 is 2.70 bits per heavy atom. The number of benzene rings is 1. The summed E-state index contributed by atoms with van der Waals surface area (Å²) in [5, 5.41) is 3.90. The molecule has 102 valence electrons. The molecule has 5 heteroatoms. The molecular weight excluding hydrogens is 270 g/mol. The first-order valence-electron chi connectivity index (χ1n) is 6.18. The maximum atomic E-state index is 11.6. The van der Waals surface area contributed by atoms with Gasteiger partial charge in [-0.1, -0.05) is 30.3 Å². The second-order valence-corrected chi connectivity index (χ2v) is 5.04. The van der Waals surface area contributed by atoms with Crippen molar-refractivity contribution in [1.29, 1.82) is 0 Å². The summed E-state index contributed by atoms with van der Waals surface area (Å²) in [5.41, 5.74) is 4.62. The van der Waals surface area contributed by atoms with Gasteiger partial charge < -0.3 is 0 Å². The molecule has 2 aromatic rings. The lowest BCUT2D eigenvalue weighted by Gasteiger charge is -2.01. The first kappa shape index (κ1) is 14.3. The minimum Gasteiger partial charge on any atom is -0.272 e. The highest BCUT2D eigenvalue weighted by molar-refractivity contribution is 7.99. The lowest BCUT2D eigenvalue weighted by Crippen LogP contribution is -2.19. The van der Waals surface area contributed by atoms with Gasteiger partial charge in [0.25, 0.3) is 0 Å². The lowest BCUT2D eigenvalue weighted by atomic mass is 10.2. The Labute approximate surface area is 122 Å². The van der Waals surface area contributed by atoms with Crippen molar-refractivity contribution in [3.8, 4) is 0 Å². The topological polar surface area (TPSA) is 54.4 Å². The Morgan fingerprint density at radius 2 is 1.95 bits per heavy atom. The quantitative estimate of drug-likeness (QED) is 0.655. The normalized spacial score (nSPS) is 10.6. The van der Waals surface area contributed by atoms with Crippen molar-refractivity contribution in [2.75, 3.05) is 5.75 Å². The van der Waals surface area contributed by atoms with Gasteiger partial charge in [0.1, 0.15) is 0 Å². The number of nitrogens with zero attached hydrogens (tertiary/aromatic N) is 2. The number of hydrazone groups is 1. The number of rotatable bonds is 6. The van der Waals surface area contributed by atoms with Crippen LogP contribution in [0, 0.1) is 0 Å². The van der Waals surface area contributed by atoms with Crippen molar-refractivity contribution in [3.05, 3.63) is 66.0 Å². The Bertz CT molecular complexity index is 558. The summed E-state index contributed by atoms with van der Waals surface area (Å²) >= 11 is 1.56. The van der Waals surface area contributed by atoms with Crippen molar-refractivity contribution in [1.82, 2.24) is 10.4 Å². The van der Waals surface area contributed by atoms with Gasteiger partial charge in [-0.2, -0.15) is 5.10 Å². The van der Waals surface area contributed by atoms with E-state index in [-0.39, 0.29) is 5.91 Å². The summed E-state index contributed by atoms with van der Waals surface area (Å²) in [6.45, 7) is 0. The van der Waals surface area contributed by atoms with Crippen molar-refractivity contribution >= 4 is 23.9 Å². The molecule has 0 atom stereocenters. The number of nitrogens with one attached hydrogen (secondary N) is 1. The van der Waals surface area contributed by atoms with Crippen LogP contribution in [0.25, 0.3) is 0 Å². The van der Waals surface area contributed by atoms with Gasteiger partial charge in [0, 0.05) is 18.1 Å². The first-order chi connectivity index (χ1) is 9.84. The zero-order valence-electron chi connectivity index (χ0n) is 10.9. The van der Waals surface area contributed by atoms with Crippen LogP contribution in [-0.2, 0) is 10.5 Å². The van der Waals surface area contributed by atoms with Crippen molar-refractivity contribution in [2.45, 2.75) is 5.75 Å². The molecule has 0 unspecified atom stereocenters. The van der Waals surface area contributed by atoms with Crippen molar-refractivity contribution in [3.63, 3.8) is 0 Å². The summed E-state index contributed by atoms with van der Waals surface area (Å²) in [6, 6.07) is 13.7. The summed E-state index contributed by atoms with van der Waals surface area (Å²) < 4.78 is 0. The van der Waals surface area contributed by atoms with E-state index < -0.39 is 0 Å². The van der Waals surface area contributed by atoms with Crippen LogP contribution in [0.15, 0.2) is 60.0 Å². The van der Waals surface area contributed by atoms with Gasteiger partial charge in [-0.3, -0.25) is 9.78 Å². The van der Waals surface area contributed by atoms with Crippen molar-refractivity contribution in [2.24, 2.45) is 5.10 Å². The molecule has 0 aliphatic heterocycles. The monoisotopic (exact) mass is 285 g/mol. The van der Waals surface area contributed by atoms with Crippen LogP contribution in [0.2, 0.25) is 0 Å². The third kappa shape index (κ3) is 5.24. The molecule has 1 aromatic carbocycles. The van der Waals surface area contributed by atoms with Crippen LogP contribution in [0.4, 0.5) is 0 Å². The van der Waals surface area contributed by atoms with Crippen LogP contribution in [0.3, 0.4) is 0 Å². The third-order valence-electron chi connectivity index (χ3n) is 2.45. The molecule has 4 nitrogen and oxygen atoms in total. The molecule has 0 saturated heterocycles. The predicted octanol–water partition coefficient (Wildman–Crippen LogP) is 2.47. The Hall–Kier alpha value is -2.14. The molecule has 0 aliphatic carbocycles. The highest BCUT2D eigenvalue weighted by Crippen LogP contribution is 2.10. The molecule has 0 spiro atoms. The minimum absolute atomic E-state index is 0.101. The van der Waals surface area contributed by atoms with E-state index in [0.717, 1.165) is 11.3 Å². The number of pyridine rings is 1. The smallest absolute Gasteiger partial charge is 0.250 e. The fraction of sp³-hybridized carbons (Fsp3) is 0.133. The van der Waals surface area contributed by atoms with Crippen LogP contribution in [0.1, 0.15) is 11.1 Å². The second kappa shape index (κ2) is 8.12. The van der Waals surface area contributed by atoms with Crippen LogP contribution in [0.5, 0.6) is 0 Å². The molecule has 1 heterocycles. The fourth-order valence-corrected chi connectivity index (χ4v) is 2.28. The van der Waals surface area contributed by atoms with E-state index in [9.17, 15) is 4.79 Å². The fourth-order valence-electron chi connectivity index (χ4n) is 1.50. The Morgan fingerprint density at radius 1 is 1.20 bits per heavy atom. The highest BCUT2D eigenvalue weighted by atomic mass is 32.2. The number of carbonyl (C=O) groups is 1. The van der Waals surface area contributed by atoms with E-state index >= 15 is 0 Å². The maximum absolute atomic E-state index is 11.6. The Balaban J connectivity index is 1.67. The Kier molecular flexibility index (Phi) is 5.79. The van der Waals surface area contributed by atoms with E-state index in [0.29, 0.717) is 5.75 Å². The van der Waals surface area contributed by atoms with E-state index in [1.807, 2.05) is 42.5 Å². The molecule has 1 N–H and O–H groups in total. The summed E-state index contributed by atoms with van der Waals surface area (Å²) in [7, 11) is 0. The number of thioether (sulfide) groups is 1. The standard InChI is InChI=1S/C15H15N3OS/c19-15(12-20-11-14-4-2-1-3-5-14)18-17-10-13-6-8-16-9-7-13/h1-10H,11-12H2,(H,18,19)/b17-10-. The molecule has 0 aliphatic rings. The summed E-state index contributed by atoms with van der Waals surface area (Å²) in [4.78, 5) is 15.5.